The van der Waals surface area contributed by atoms with Gasteiger partial charge in [0.1, 0.15) is 0 Å². The van der Waals surface area contributed by atoms with E-state index in [4.69, 9.17) is 10.5 Å². The number of aliphatic hydroxyl groups is 1. The molecule has 0 aromatic heterocycles. The number of nitrogen functional groups attached to an aromatic ring is 1. The number of hydrogen-bond acceptors (Lipinski definition) is 4. The number of nitrogens with two attached hydrogens (primary N) is 1. The predicted molar refractivity (Wildman–Crippen MR) is 77.2 cm³/mol. The Morgan fingerprint density at radius 1 is 1.53 bits per heavy atom. The van der Waals surface area contributed by atoms with Crippen LogP contribution in [-0.2, 0) is 4.74 Å². The van der Waals surface area contributed by atoms with Gasteiger partial charge in [0.25, 0.3) is 0 Å². The van der Waals surface area contributed by atoms with Crippen molar-refractivity contribution >= 4 is 34.0 Å². The Morgan fingerprint density at radius 2 is 2.29 bits per heavy atom. The monoisotopic (exact) mass is 348 g/mol. The van der Waals surface area contributed by atoms with E-state index in [1.54, 1.807) is 0 Å². The zero-order valence-electron chi connectivity index (χ0n) is 9.77. The van der Waals surface area contributed by atoms with Crippen LogP contribution in [0, 0.1) is 3.57 Å². The molecule has 0 spiro atoms. The number of anilines is 2. The fourth-order valence-electron chi connectivity index (χ4n) is 2.12. The molecule has 5 heteroatoms. The summed E-state index contributed by atoms with van der Waals surface area (Å²) in [6, 6.07) is 5.90. The molecule has 1 aromatic rings. The van der Waals surface area contributed by atoms with Crippen LogP contribution in [0.4, 0.5) is 11.4 Å². The Kier molecular flexibility index (Phi) is 4.11. The van der Waals surface area contributed by atoms with Crippen LogP contribution >= 0.6 is 22.6 Å². The summed E-state index contributed by atoms with van der Waals surface area (Å²) >= 11 is 2.29. The second-order valence-corrected chi connectivity index (χ2v) is 5.53. The van der Waals surface area contributed by atoms with Crippen LogP contribution in [0.3, 0.4) is 0 Å². The van der Waals surface area contributed by atoms with Crippen molar-refractivity contribution in [2.75, 3.05) is 30.3 Å². The van der Waals surface area contributed by atoms with E-state index in [1.807, 2.05) is 25.1 Å². The average Bonchev–Trinajstić information content (AvgIpc) is 2.28. The third-order valence-corrected chi connectivity index (χ3v) is 3.71. The molecular formula is C12H17IN2O2. The Labute approximate surface area is 115 Å². The molecule has 1 fully saturated rings. The van der Waals surface area contributed by atoms with Gasteiger partial charge in [0.2, 0.25) is 0 Å². The standard InChI is InChI=1S/C12H17IN2O2/c1-8-5-15(6-10(7-16)17-8)12-3-2-9(14)4-11(12)13/h2-4,8,10,16H,5-7,14H2,1H3. The molecular weight excluding hydrogens is 331 g/mol. The SMILES string of the molecule is CC1CN(c2ccc(N)cc2I)CC(CO)O1. The van der Waals surface area contributed by atoms with Gasteiger partial charge in [0, 0.05) is 22.3 Å². The Morgan fingerprint density at radius 3 is 2.94 bits per heavy atom. The minimum absolute atomic E-state index is 0.0619. The zero-order valence-corrected chi connectivity index (χ0v) is 11.9. The van der Waals surface area contributed by atoms with Gasteiger partial charge in [0.05, 0.1) is 24.5 Å². The van der Waals surface area contributed by atoms with Gasteiger partial charge in [0.15, 0.2) is 0 Å². The molecule has 2 atom stereocenters. The predicted octanol–water partition coefficient (Wildman–Crippen LogP) is 1.46. The van der Waals surface area contributed by atoms with Gasteiger partial charge in [-0.25, -0.2) is 0 Å². The largest absolute Gasteiger partial charge is 0.399 e. The molecule has 0 saturated carbocycles. The van der Waals surface area contributed by atoms with Gasteiger partial charge < -0.3 is 20.5 Å². The molecule has 0 amide bonds. The molecule has 3 N–H and O–H groups in total. The van der Waals surface area contributed by atoms with E-state index >= 15 is 0 Å². The maximum atomic E-state index is 9.21. The fraction of sp³-hybridized carbons (Fsp3) is 0.500. The first-order valence-corrected chi connectivity index (χ1v) is 6.74. The average molecular weight is 348 g/mol. The molecule has 94 valence electrons. The highest BCUT2D eigenvalue weighted by Gasteiger charge is 2.25. The van der Waals surface area contributed by atoms with Gasteiger partial charge in [-0.1, -0.05) is 0 Å². The highest BCUT2D eigenvalue weighted by Crippen LogP contribution is 2.27. The van der Waals surface area contributed by atoms with Crippen LogP contribution < -0.4 is 10.6 Å². The summed E-state index contributed by atoms with van der Waals surface area (Å²) in [6.45, 7) is 3.66. The quantitative estimate of drug-likeness (QED) is 0.628. The summed E-state index contributed by atoms with van der Waals surface area (Å²) < 4.78 is 6.76. The van der Waals surface area contributed by atoms with E-state index in [9.17, 15) is 5.11 Å². The van der Waals surface area contributed by atoms with Gasteiger partial charge in [-0.2, -0.15) is 0 Å². The van der Waals surface area contributed by atoms with Crippen LogP contribution in [0.15, 0.2) is 18.2 Å². The summed E-state index contributed by atoms with van der Waals surface area (Å²) in [7, 11) is 0. The van der Waals surface area contributed by atoms with Crippen molar-refractivity contribution in [2.45, 2.75) is 19.1 Å². The molecule has 4 nitrogen and oxygen atoms in total. The van der Waals surface area contributed by atoms with Crippen molar-refractivity contribution in [1.82, 2.24) is 0 Å². The number of morpholine rings is 1. The summed E-state index contributed by atoms with van der Waals surface area (Å²) in [5.41, 5.74) is 7.69. The second-order valence-electron chi connectivity index (χ2n) is 4.37. The molecule has 1 aliphatic rings. The smallest absolute Gasteiger partial charge is 0.0984 e. The van der Waals surface area contributed by atoms with Crippen LogP contribution in [0.5, 0.6) is 0 Å². The highest BCUT2D eigenvalue weighted by atomic mass is 127. The van der Waals surface area contributed by atoms with E-state index in [0.29, 0.717) is 0 Å². The third-order valence-electron chi connectivity index (χ3n) is 2.84. The zero-order chi connectivity index (χ0) is 12.4. The molecule has 0 aliphatic carbocycles. The van der Waals surface area contributed by atoms with Crippen molar-refractivity contribution < 1.29 is 9.84 Å². The van der Waals surface area contributed by atoms with Crippen molar-refractivity contribution in [3.05, 3.63) is 21.8 Å². The number of nitrogens with zero attached hydrogens (tertiary/aromatic N) is 1. The van der Waals surface area contributed by atoms with Crippen molar-refractivity contribution in [1.29, 1.82) is 0 Å². The van der Waals surface area contributed by atoms with E-state index in [-0.39, 0.29) is 18.8 Å². The maximum Gasteiger partial charge on any atom is 0.0984 e. The number of hydrogen-bond donors (Lipinski definition) is 2. The lowest BCUT2D eigenvalue weighted by atomic mass is 10.2. The molecule has 0 radical (unpaired) electrons. The van der Waals surface area contributed by atoms with Crippen molar-refractivity contribution in [2.24, 2.45) is 0 Å². The number of rotatable bonds is 2. The van der Waals surface area contributed by atoms with Gasteiger partial charge >= 0.3 is 0 Å². The van der Waals surface area contributed by atoms with E-state index in [1.165, 1.54) is 0 Å². The summed E-state index contributed by atoms with van der Waals surface area (Å²) in [5, 5.41) is 9.21. The summed E-state index contributed by atoms with van der Waals surface area (Å²) in [6.07, 6.45) is 0.0290. The fourth-order valence-corrected chi connectivity index (χ4v) is 3.00. The maximum absolute atomic E-state index is 9.21. The van der Waals surface area contributed by atoms with E-state index < -0.39 is 0 Å². The first kappa shape index (κ1) is 12.9. The van der Waals surface area contributed by atoms with Crippen LogP contribution in [0.2, 0.25) is 0 Å². The lowest BCUT2D eigenvalue weighted by Gasteiger charge is -2.38. The third kappa shape index (κ3) is 3.02. The number of benzene rings is 1. The minimum Gasteiger partial charge on any atom is -0.399 e. The molecule has 1 heterocycles. The van der Waals surface area contributed by atoms with Crippen molar-refractivity contribution in [3.63, 3.8) is 0 Å². The summed E-state index contributed by atoms with van der Waals surface area (Å²) in [4.78, 5) is 2.25. The molecule has 2 rings (SSSR count). The molecule has 1 saturated heterocycles. The van der Waals surface area contributed by atoms with Gasteiger partial charge in [-0.3, -0.25) is 0 Å². The molecule has 1 aromatic carbocycles. The lowest BCUT2D eigenvalue weighted by molar-refractivity contribution is -0.0421. The van der Waals surface area contributed by atoms with E-state index in [0.717, 1.165) is 28.0 Å². The lowest BCUT2D eigenvalue weighted by Crippen LogP contribution is -2.48. The Hall–Kier alpha value is -0.530. The molecule has 0 bridgehead atoms. The minimum atomic E-state index is -0.105. The normalized spacial score (nSPS) is 25.0. The van der Waals surface area contributed by atoms with E-state index in [2.05, 4.69) is 27.5 Å². The molecule has 17 heavy (non-hydrogen) atoms. The van der Waals surface area contributed by atoms with Gasteiger partial charge in [-0.05, 0) is 47.7 Å². The van der Waals surface area contributed by atoms with Gasteiger partial charge in [-0.15, -0.1) is 0 Å². The first-order chi connectivity index (χ1) is 8.10. The van der Waals surface area contributed by atoms with Crippen LogP contribution in [0.25, 0.3) is 0 Å². The number of aliphatic hydroxyl groups excluding tert-OH is 1. The highest BCUT2D eigenvalue weighted by molar-refractivity contribution is 14.1. The van der Waals surface area contributed by atoms with Crippen LogP contribution in [-0.4, -0.2) is 37.0 Å². The Bertz CT molecular complexity index is 400. The molecule has 1 aliphatic heterocycles. The second kappa shape index (κ2) is 5.41. The van der Waals surface area contributed by atoms with Crippen molar-refractivity contribution in [3.8, 4) is 0 Å². The Balaban J connectivity index is 2.20. The number of ether oxygens (including phenoxy) is 1. The van der Waals surface area contributed by atoms with Crippen LogP contribution in [0.1, 0.15) is 6.92 Å². The first-order valence-electron chi connectivity index (χ1n) is 5.66. The number of halogens is 1. The topological polar surface area (TPSA) is 58.7 Å². The summed E-state index contributed by atoms with van der Waals surface area (Å²) in [5.74, 6) is 0. The molecule has 2 unspecified atom stereocenters.